The van der Waals surface area contributed by atoms with Crippen LogP contribution in [0.3, 0.4) is 0 Å². The zero-order valence-electron chi connectivity index (χ0n) is 16.6. The van der Waals surface area contributed by atoms with Gasteiger partial charge >= 0.3 is 0 Å². The molecule has 1 heterocycles. The summed E-state index contributed by atoms with van der Waals surface area (Å²) in [4.78, 5) is 12.4. The van der Waals surface area contributed by atoms with Gasteiger partial charge in [0.25, 0.3) is 0 Å². The highest BCUT2D eigenvalue weighted by Crippen LogP contribution is 2.27. The van der Waals surface area contributed by atoms with Gasteiger partial charge in [-0.25, -0.2) is 0 Å². The monoisotopic (exact) mass is 413 g/mol. The standard InChI is InChI=1S/C25H23N3OS/c29-24(18-30-25-23-14-8-7-13-21(23)17-27-28-25)26-16-15-22(19-9-3-1-4-10-19)20-11-5-2-6-12-20/h1-14,17,22H,15-16,18H2,(H,26,29). The lowest BCUT2D eigenvalue weighted by Gasteiger charge is -2.18. The van der Waals surface area contributed by atoms with Crippen LogP contribution >= 0.6 is 11.8 Å². The Labute approximate surface area is 180 Å². The van der Waals surface area contributed by atoms with E-state index in [1.165, 1.54) is 22.9 Å². The maximum absolute atomic E-state index is 12.4. The average molecular weight is 414 g/mol. The highest BCUT2D eigenvalue weighted by atomic mass is 32.2. The van der Waals surface area contributed by atoms with Crippen molar-refractivity contribution < 1.29 is 4.79 Å². The smallest absolute Gasteiger partial charge is 0.230 e. The van der Waals surface area contributed by atoms with Gasteiger partial charge in [0, 0.05) is 23.2 Å². The quantitative estimate of drug-likeness (QED) is 0.410. The lowest BCUT2D eigenvalue weighted by Crippen LogP contribution is -2.27. The van der Waals surface area contributed by atoms with Crippen molar-refractivity contribution >= 4 is 28.4 Å². The van der Waals surface area contributed by atoms with Gasteiger partial charge in [-0.3, -0.25) is 4.79 Å². The summed E-state index contributed by atoms with van der Waals surface area (Å²) < 4.78 is 0. The Bertz CT molecular complexity index is 1060. The molecule has 30 heavy (non-hydrogen) atoms. The number of nitrogens with zero attached hydrogens (tertiary/aromatic N) is 2. The fourth-order valence-corrected chi connectivity index (χ4v) is 4.36. The molecule has 0 radical (unpaired) electrons. The molecule has 1 N–H and O–H groups in total. The summed E-state index contributed by atoms with van der Waals surface area (Å²) in [5.74, 6) is 0.586. The van der Waals surface area contributed by atoms with Crippen molar-refractivity contribution in [2.45, 2.75) is 17.4 Å². The number of nitrogens with one attached hydrogen (secondary N) is 1. The molecule has 0 spiro atoms. The van der Waals surface area contributed by atoms with Crippen molar-refractivity contribution in [2.75, 3.05) is 12.3 Å². The summed E-state index contributed by atoms with van der Waals surface area (Å²) in [5, 5.41) is 14.1. The Morgan fingerprint density at radius 2 is 1.50 bits per heavy atom. The molecular weight excluding hydrogens is 390 g/mol. The van der Waals surface area contributed by atoms with E-state index in [0.717, 1.165) is 22.2 Å². The molecular formula is C25H23N3OS. The van der Waals surface area contributed by atoms with Crippen LogP contribution in [0, 0.1) is 0 Å². The van der Waals surface area contributed by atoms with Crippen molar-refractivity contribution in [1.82, 2.24) is 15.5 Å². The van der Waals surface area contributed by atoms with Gasteiger partial charge in [-0.15, -0.1) is 5.10 Å². The number of amides is 1. The van der Waals surface area contributed by atoms with E-state index < -0.39 is 0 Å². The first-order valence-electron chi connectivity index (χ1n) is 10.0. The zero-order chi connectivity index (χ0) is 20.6. The minimum atomic E-state index is 0.00890. The van der Waals surface area contributed by atoms with Crippen molar-refractivity contribution in [3.8, 4) is 0 Å². The van der Waals surface area contributed by atoms with Crippen molar-refractivity contribution in [3.05, 3.63) is 102 Å². The van der Waals surface area contributed by atoms with Gasteiger partial charge in [-0.05, 0) is 17.5 Å². The predicted molar refractivity (Wildman–Crippen MR) is 123 cm³/mol. The first-order valence-corrected chi connectivity index (χ1v) is 11.0. The van der Waals surface area contributed by atoms with E-state index in [9.17, 15) is 4.79 Å². The molecule has 0 atom stereocenters. The number of benzene rings is 3. The summed E-state index contributed by atoms with van der Waals surface area (Å²) in [6, 6.07) is 28.8. The molecule has 0 bridgehead atoms. The van der Waals surface area contributed by atoms with Crippen LogP contribution in [0.25, 0.3) is 10.8 Å². The van der Waals surface area contributed by atoms with Crippen LogP contribution in [0.15, 0.2) is 96.2 Å². The summed E-state index contributed by atoms with van der Waals surface area (Å²) >= 11 is 1.42. The van der Waals surface area contributed by atoms with Crippen LogP contribution in [0.1, 0.15) is 23.5 Å². The summed E-state index contributed by atoms with van der Waals surface area (Å²) in [6.07, 6.45) is 2.59. The number of aromatic nitrogens is 2. The molecule has 0 saturated carbocycles. The summed E-state index contributed by atoms with van der Waals surface area (Å²) in [7, 11) is 0. The number of hydrogen-bond donors (Lipinski definition) is 1. The molecule has 4 nitrogen and oxygen atoms in total. The van der Waals surface area contributed by atoms with Gasteiger partial charge in [0.2, 0.25) is 5.91 Å². The first-order chi connectivity index (χ1) is 14.8. The molecule has 3 aromatic carbocycles. The lowest BCUT2D eigenvalue weighted by atomic mass is 9.88. The Kier molecular flexibility index (Phi) is 6.72. The topological polar surface area (TPSA) is 54.9 Å². The zero-order valence-corrected chi connectivity index (χ0v) is 17.4. The van der Waals surface area contributed by atoms with E-state index in [1.807, 2.05) is 36.4 Å². The third-order valence-electron chi connectivity index (χ3n) is 5.04. The second kappa shape index (κ2) is 10.0. The number of rotatable bonds is 8. The van der Waals surface area contributed by atoms with Gasteiger partial charge < -0.3 is 5.32 Å². The predicted octanol–water partition coefficient (Wildman–Crippen LogP) is 5.06. The number of fused-ring (bicyclic) bond motifs is 1. The second-order valence-corrected chi connectivity index (χ2v) is 8.00. The van der Waals surface area contributed by atoms with E-state index in [1.54, 1.807) is 6.20 Å². The molecule has 0 fully saturated rings. The van der Waals surface area contributed by atoms with Crippen LogP contribution in [-0.2, 0) is 4.79 Å². The van der Waals surface area contributed by atoms with Crippen molar-refractivity contribution in [1.29, 1.82) is 0 Å². The third kappa shape index (κ3) is 5.05. The third-order valence-corrected chi connectivity index (χ3v) is 6.02. The van der Waals surface area contributed by atoms with E-state index in [4.69, 9.17) is 0 Å². The summed E-state index contributed by atoms with van der Waals surface area (Å²) in [5.41, 5.74) is 2.52. The minimum absolute atomic E-state index is 0.00890. The van der Waals surface area contributed by atoms with Gasteiger partial charge in [0.1, 0.15) is 5.03 Å². The molecule has 0 saturated heterocycles. The molecule has 0 aliphatic carbocycles. The Hall–Kier alpha value is -3.18. The van der Waals surface area contributed by atoms with E-state index in [-0.39, 0.29) is 11.8 Å². The maximum atomic E-state index is 12.4. The lowest BCUT2D eigenvalue weighted by molar-refractivity contribution is -0.118. The van der Waals surface area contributed by atoms with Gasteiger partial charge in [-0.2, -0.15) is 5.10 Å². The molecule has 4 aromatic rings. The molecule has 150 valence electrons. The van der Waals surface area contributed by atoms with Crippen LogP contribution in [0.5, 0.6) is 0 Å². The SMILES string of the molecule is O=C(CSc1nncc2ccccc12)NCCC(c1ccccc1)c1ccccc1. The Morgan fingerprint density at radius 1 is 0.867 bits per heavy atom. The Morgan fingerprint density at radius 3 is 2.20 bits per heavy atom. The fraction of sp³-hybridized carbons (Fsp3) is 0.160. The maximum Gasteiger partial charge on any atom is 0.230 e. The second-order valence-electron chi connectivity index (χ2n) is 7.04. The molecule has 0 aliphatic rings. The van der Waals surface area contributed by atoms with E-state index in [0.29, 0.717) is 12.3 Å². The number of thioether (sulfide) groups is 1. The molecule has 1 amide bonds. The number of hydrogen-bond acceptors (Lipinski definition) is 4. The Balaban J connectivity index is 1.35. The highest BCUT2D eigenvalue weighted by Gasteiger charge is 2.14. The van der Waals surface area contributed by atoms with Gasteiger partial charge in [-0.1, -0.05) is 96.7 Å². The van der Waals surface area contributed by atoms with Crippen LogP contribution in [0.4, 0.5) is 0 Å². The minimum Gasteiger partial charge on any atom is -0.355 e. The van der Waals surface area contributed by atoms with Crippen LogP contribution in [-0.4, -0.2) is 28.4 Å². The summed E-state index contributed by atoms with van der Waals surface area (Å²) in [6.45, 7) is 0.620. The molecule has 1 aromatic heterocycles. The molecule has 4 rings (SSSR count). The van der Waals surface area contributed by atoms with Crippen LogP contribution in [0.2, 0.25) is 0 Å². The normalized spacial score (nSPS) is 11.0. The van der Waals surface area contributed by atoms with Crippen molar-refractivity contribution in [3.63, 3.8) is 0 Å². The van der Waals surface area contributed by atoms with Gasteiger partial charge in [0.15, 0.2) is 0 Å². The fourth-order valence-electron chi connectivity index (χ4n) is 3.55. The molecule has 5 heteroatoms. The van der Waals surface area contributed by atoms with E-state index >= 15 is 0 Å². The first kappa shape index (κ1) is 20.1. The highest BCUT2D eigenvalue weighted by molar-refractivity contribution is 8.00. The van der Waals surface area contributed by atoms with Crippen LogP contribution < -0.4 is 5.32 Å². The average Bonchev–Trinajstić information content (AvgIpc) is 2.81. The molecule has 0 unspecified atom stereocenters. The largest absolute Gasteiger partial charge is 0.355 e. The van der Waals surface area contributed by atoms with Crippen molar-refractivity contribution in [2.24, 2.45) is 0 Å². The van der Waals surface area contributed by atoms with E-state index in [2.05, 4.69) is 64.0 Å². The number of carbonyl (C=O) groups is 1. The molecule has 0 aliphatic heterocycles. The number of carbonyl (C=O) groups excluding carboxylic acids is 1. The van der Waals surface area contributed by atoms with Gasteiger partial charge in [0.05, 0.1) is 11.9 Å².